The fourth-order valence-electron chi connectivity index (χ4n) is 3.05. The zero-order valence-electron chi connectivity index (χ0n) is 15.3. The third kappa shape index (κ3) is 3.12. The minimum atomic E-state index is -0.479. The number of anilines is 2. The van der Waals surface area contributed by atoms with Crippen molar-refractivity contribution in [1.29, 1.82) is 0 Å². The van der Waals surface area contributed by atoms with E-state index in [0.29, 0.717) is 27.9 Å². The van der Waals surface area contributed by atoms with Crippen LogP contribution in [0.15, 0.2) is 71.7 Å². The van der Waals surface area contributed by atoms with Gasteiger partial charge in [-0.05, 0) is 54.6 Å². The van der Waals surface area contributed by atoms with E-state index in [1.165, 1.54) is 41.0 Å². The fraction of sp³-hybridized carbons (Fsp3) is 0. The molecule has 5 aromatic rings. The van der Waals surface area contributed by atoms with Gasteiger partial charge in [-0.1, -0.05) is 6.07 Å². The molecule has 0 bridgehead atoms. The van der Waals surface area contributed by atoms with Gasteiger partial charge in [0.15, 0.2) is 11.5 Å². The molecule has 0 unspecified atom stereocenters. The largest absolute Gasteiger partial charge is 0.319 e. The predicted molar refractivity (Wildman–Crippen MR) is 107 cm³/mol. The molecule has 146 valence electrons. The van der Waals surface area contributed by atoms with E-state index >= 15 is 0 Å². The molecule has 0 fully saturated rings. The predicted octanol–water partition coefficient (Wildman–Crippen LogP) is 3.72. The summed E-state index contributed by atoms with van der Waals surface area (Å²) in [5, 5.41) is 7.83. The first-order valence-electron chi connectivity index (χ1n) is 8.93. The van der Waals surface area contributed by atoms with Crippen LogP contribution in [0.4, 0.5) is 20.4 Å². The van der Waals surface area contributed by atoms with Crippen molar-refractivity contribution in [2.75, 3.05) is 5.32 Å². The number of rotatable bonds is 3. The second-order valence-corrected chi connectivity index (χ2v) is 6.45. The summed E-state index contributed by atoms with van der Waals surface area (Å²) < 4.78 is 28.6. The quantitative estimate of drug-likeness (QED) is 0.495. The Morgan fingerprint density at radius 1 is 0.900 bits per heavy atom. The number of hydrogen-bond donors (Lipinski definition) is 1. The van der Waals surface area contributed by atoms with Crippen molar-refractivity contribution in [3.8, 4) is 11.4 Å². The Kier molecular flexibility index (Phi) is 4.13. The summed E-state index contributed by atoms with van der Waals surface area (Å²) in [6.07, 6.45) is 1.39. The van der Waals surface area contributed by atoms with Crippen LogP contribution in [0.5, 0.6) is 0 Å². The van der Waals surface area contributed by atoms with Crippen molar-refractivity contribution >= 4 is 28.2 Å². The molecule has 0 aliphatic rings. The Bertz CT molecular complexity index is 1470. The molecule has 3 aromatic heterocycles. The monoisotopic (exact) mass is 402 g/mol. The molecule has 0 saturated heterocycles. The van der Waals surface area contributed by atoms with Crippen molar-refractivity contribution in [2.24, 2.45) is 0 Å². The summed E-state index contributed by atoms with van der Waals surface area (Å²) in [4.78, 5) is 25.0. The van der Waals surface area contributed by atoms with Gasteiger partial charge in [0.25, 0.3) is 5.56 Å². The molecular formula is C21H12F2N6O. The van der Waals surface area contributed by atoms with E-state index in [1.54, 1.807) is 30.3 Å². The molecular weight excluding hydrogens is 390 g/mol. The van der Waals surface area contributed by atoms with Crippen LogP contribution in [-0.2, 0) is 0 Å². The van der Waals surface area contributed by atoms with Crippen molar-refractivity contribution in [3.05, 3.63) is 88.8 Å². The molecule has 9 heteroatoms. The molecule has 0 radical (unpaired) electrons. The normalized spacial score (nSPS) is 11.1. The molecule has 0 aliphatic heterocycles. The van der Waals surface area contributed by atoms with Crippen LogP contribution in [-0.4, -0.2) is 24.6 Å². The molecule has 0 atom stereocenters. The molecule has 7 nitrogen and oxygen atoms in total. The van der Waals surface area contributed by atoms with E-state index in [1.807, 2.05) is 0 Å². The van der Waals surface area contributed by atoms with Gasteiger partial charge < -0.3 is 5.32 Å². The topological polar surface area (TPSA) is 85.1 Å². The highest BCUT2D eigenvalue weighted by Gasteiger charge is 2.16. The maximum absolute atomic E-state index is 13.9. The summed E-state index contributed by atoms with van der Waals surface area (Å²) in [6.45, 7) is 0. The van der Waals surface area contributed by atoms with Gasteiger partial charge in [-0.25, -0.2) is 23.7 Å². The maximum Gasteiger partial charge on any atom is 0.293 e. The molecule has 3 heterocycles. The lowest BCUT2D eigenvalue weighted by molar-refractivity contribution is 0.628. The lowest BCUT2D eigenvalue weighted by Crippen LogP contribution is -2.11. The third-order valence-electron chi connectivity index (χ3n) is 4.46. The van der Waals surface area contributed by atoms with E-state index in [9.17, 15) is 13.6 Å². The number of hydrogen-bond acceptors (Lipinski definition) is 6. The summed E-state index contributed by atoms with van der Waals surface area (Å²) in [7, 11) is 0. The number of aromatic nitrogens is 5. The van der Waals surface area contributed by atoms with Gasteiger partial charge >= 0.3 is 0 Å². The molecule has 5 rings (SSSR count). The fourth-order valence-corrected chi connectivity index (χ4v) is 3.05. The highest BCUT2D eigenvalue weighted by atomic mass is 19.1. The Labute approximate surface area is 167 Å². The summed E-state index contributed by atoms with van der Waals surface area (Å²) in [6, 6.07) is 14.7. The number of halogens is 2. The van der Waals surface area contributed by atoms with E-state index in [4.69, 9.17) is 0 Å². The van der Waals surface area contributed by atoms with E-state index in [-0.39, 0.29) is 17.5 Å². The van der Waals surface area contributed by atoms with Crippen LogP contribution in [0.2, 0.25) is 0 Å². The van der Waals surface area contributed by atoms with Crippen LogP contribution in [0.25, 0.3) is 27.9 Å². The first-order chi connectivity index (χ1) is 14.6. The van der Waals surface area contributed by atoms with Gasteiger partial charge in [0.1, 0.15) is 17.3 Å². The molecule has 2 aromatic carbocycles. The molecule has 0 amide bonds. The molecule has 0 saturated carbocycles. The average molecular weight is 402 g/mol. The number of nitrogens with one attached hydrogen (secondary N) is 1. The Morgan fingerprint density at radius 2 is 1.70 bits per heavy atom. The van der Waals surface area contributed by atoms with Crippen LogP contribution in [0.1, 0.15) is 0 Å². The molecule has 1 N–H and O–H groups in total. The second-order valence-electron chi connectivity index (χ2n) is 6.45. The van der Waals surface area contributed by atoms with Gasteiger partial charge in [-0.3, -0.25) is 4.79 Å². The standard InChI is InChI=1S/C21H12F2N6O/c22-13-6-4-12(5-7-13)18-27-19-15-11-14(23)8-9-16(15)25-21(29(19)28-18)26-17-3-1-2-10-24-20(17)30/h1-11H,(H,24,25,26,30). The number of nitrogens with zero attached hydrogens (tertiary/aromatic N) is 5. The lowest BCUT2D eigenvalue weighted by atomic mass is 10.2. The summed E-state index contributed by atoms with van der Waals surface area (Å²) in [5.41, 5.74) is 1.09. The summed E-state index contributed by atoms with van der Waals surface area (Å²) in [5.74, 6) is -0.323. The van der Waals surface area contributed by atoms with Crippen molar-refractivity contribution < 1.29 is 8.78 Å². The van der Waals surface area contributed by atoms with Gasteiger partial charge in [0, 0.05) is 17.1 Å². The highest BCUT2D eigenvalue weighted by molar-refractivity contribution is 5.93. The highest BCUT2D eigenvalue weighted by Crippen LogP contribution is 2.26. The maximum atomic E-state index is 13.9. The van der Waals surface area contributed by atoms with Crippen molar-refractivity contribution in [3.63, 3.8) is 0 Å². The van der Waals surface area contributed by atoms with Crippen LogP contribution in [0, 0.1) is 11.6 Å². The third-order valence-corrected chi connectivity index (χ3v) is 4.46. The average Bonchev–Trinajstić information content (AvgIpc) is 3.09. The van der Waals surface area contributed by atoms with Crippen LogP contribution < -0.4 is 10.9 Å². The Hall–Kier alpha value is -4.27. The van der Waals surface area contributed by atoms with Gasteiger partial charge in [-0.15, -0.1) is 5.10 Å². The number of fused-ring (bicyclic) bond motifs is 3. The SMILES string of the molecule is O=c1nccccc1Nc1nc2ccc(F)cc2c2nc(-c3ccc(F)cc3)nn12. The Morgan fingerprint density at radius 3 is 2.53 bits per heavy atom. The first-order valence-corrected chi connectivity index (χ1v) is 8.93. The van der Waals surface area contributed by atoms with Crippen molar-refractivity contribution in [2.45, 2.75) is 0 Å². The number of benzene rings is 2. The second kappa shape index (κ2) is 6.96. The zero-order chi connectivity index (χ0) is 20.7. The minimum absolute atomic E-state index is 0.189. The molecule has 0 aliphatic carbocycles. The summed E-state index contributed by atoms with van der Waals surface area (Å²) >= 11 is 0. The minimum Gasteiger partial charge on any atom is -0.319 e. The molecule has 0 spiro atoms. The first kappa shape index (κ1) is 17.8. The van der Waals surface area contributed by atoms with Crippen LogP contribution >= 0.6 is 0 Å². The van der Waals surface area contributed by atoms with E-state index in [0.717, 1.165) is 0 Å². The zero-order valence-corrected chi connectivity index (χ0v) is 15.3. The van der Waals surface area contributed by atoms with Gasteiger partial charge in [-0.2, -0.15) is 4.52 Å². The van der Waals surface area contributed by atoms with Gasteiger partial charge in [0.05, 0.1) is 5.52 Å². The van der Waals surface area contributed by atoms with Crippen molar-refractivity contribution in [1.82, 2.24) is 24.6 Å². The van der Waals surface area contributed by atoms with E-state index < -0.39 is 11.4 Å². The van der Waals surface area contributed by atoms with Crippen LogP contribution in [0.3, 0.4) is 0 Å². The lowest BCUT2D eigenvalue weighted by Gasteiger charge is -2.07. The smallest absolute Gasteiger partial charge is 0.293 e. The Balaban J connectivity index is 1.76. The molecule has 30 heavy (non-hydrogen) atoms. The van der Waals surface area contributed by atoms with E-state index in [2.05, 4.69) is 25.4 Å². The van der Waals surface area contributed by atoms with Gasteiger partial charge in [0.2, 0.25) is 5.95 Å².